The van der Waals surface area contributed by atoms with E-state index in [1.54, 1.807) is 14.2 Å². The van der Waals surface area contributed by atoms with Crippen molar-refractivity contribution in [3.8, 4) is 0 Å². The first-order valence-corrected chi connectivity index (χ1v) is 6.92. The summed E-state index contributed by atoms with van der Waals surface area (Å²) in [5.41, 5.74) is -0.422. The maximum absolute atomic E-state index is 5.40. The predicted molar refractivity (Wildman–Crippen MR) is 74.3 cm³/mol. The predicted octanol–water partition coefficient (Wildman–Crippen LogP) is 2.66. The van der Waals surface area contributed by atoms with Crippen LogP contribution in [0.5, 0.6) is 0 Å². The molecule has 1 aliphatic rings. The standard InChI is InChI=1S/C12H21BrN2O2/c1-8(2)9-10(16-4)15-12(3,6-7-13)11(14-9)17-5/h8-9H,6-7H2,1-5H3/t9-,12+/m1/s1. The Labute approximate surface area is 112 Å². The first kappa shape index (κ1) is 14.5. The Morgan fingerprint density at radius 1 is 1.35 bits per heavy atom. The first-order chi connectivity index (χ1) is 7.98. The zero-order valence-electron chi connectivity index (χ0n) is 11.2. The van der Waals surface area contributed by atoms with Gasteiger partial charge in [-0.3, -0.25) is 0 Å². The molecule has 1 rings (SSSR count). The molecule has 0 saturated heterocycles. The van der Waals surface area contributed by atoms with Crippen LogP contribution in [0.4, 0.5) is 0 Å². The van der Waals surface area contributed by atoms with E-state index >= 15 is 0 Å². The van der Waals surface area contributed by atoms with Crippen LogP contribution in [0.15, 0.2) is 9.98 Å². The number of ether oxygens (including phenoxy) is 2. The topological polar surface area (TPSA) is 43.2 Å². The highest BCUT2D eigenvalue weighted by Crippen LogP contribution is 2.27. The Morgan fingerprint density at radius 3 is 2.41 bits per heavy atom. The van der Waals surface area contributed by atoms with Crippen molar-refractivity contribution in [3.05, 3.63) is 0 Å². The van der Waals surface area contributed by atoms with Gasteiger partial charge in [0.05, 0.1) is 14.2 Å². The lowest BCUT2D eigenvalue weighted by Crippen LogP contribution is -2.44. The van der Waals surface area contributed by atoms with E-state index in [9.17, 15) is 0 Å². The Morgan fingerprint density at radius 2 is 2.00 bits per heavy atom. The van der Waals surface area contributed by atoms with Crippen LogP contribution in [-0.2, 0) is 9.47 Å². The highest BCUT2D eigenvalue weighted by atomic mass is 79.9. The molecule has 17 heavy (non-hydrogen) atoms. The Kier molecular flexibility index (Phi) is 4.98. The number of rotatable bonds is 3. The molecule has 0 N–H and O–H groups in total. The number of nitrogens with zero attached hydrogens (tertiary/aromatic N) is 2. The number of alkyl halides is 1. The summed E-state index contributed by atoms with van der Waals surface area (Å²) in [5, 5.41) is 0.846. The lowest BCUT2D eigenvalue weighted by atomic mass is 9.95. The molecule has 0 aromatic rings. The van der Waals surface area contributed by atoms with E-state index in [-0.39, 0.29) is 6.04 Å². The average molecular weight is 305 g/mol. The van der Waals surface area contributed by atoms with Gasteiger partial charge >= 0.3 is 0 Å². The summed E-state index contributed by atoms with van der Waals surface area (Å²) in [5.74, 6) is 1.73. The molecular weight excluding hydrogens is 284 g/mol. The van der Waals surface area contributed by atoms with Gasteiger partial charge in [0, 0.05) is 5.33 Å². The molecule has 0 aromatic carbocycles. The van der Waals surface area contributed by atoms with Gasteiger partial charge < -0.3 is 9.47 Å². The Hall–Kier alpha value is -0.580. The minimum atomic E-state index is -0.422. The van der Waals surface area contributed by atoms with E-state index in [1.165, 1.54) is 0 Å². The van der Waals surface area contributed by atoms with Gasteiger partial charge in [-0.1, -0.05) is 29.8 Å². The number of aliphatic imine (C=N–C) groups is 2. The van der Waals surface area contributed by atoms with Crippen LogP contribution in [0.1, 0.15) is 27.2 Å². The molecule has 98 valence electrons. The van der Waals surface area contributed by atoms with E-state index < -0.39 is 5.54 Å². The van der Waals surface area contributed by atoms with E-state index in [0.717, 1.165) is 11.8 Å². The van der Waals surface area contributed by atoms with E-state index in [1.807, 2.05) is 6.92 Å². The van der Waals surface area contributed by atoms with Crippen molar-refractivity contribution in [2.45, 2.75) is 38.8 Å². The third-order valence-electron chi connectivity index (χ3n) is 2.94. The van der Waals surface area contributed by atoms with Crippen molar-refractivity contribution in [3.63, 3.8) is 0 Å². The summed E-state index contributed by atoms with van der Waals surface area (Å²) in [6, 6.07) is -0.0432. The average Bonchev–Trinajstić information content (AvgIpc) is 2.28. The quantitative estimate of drug-likeness (QED) is 0.752. The lowest BCUT2D eigenvalue weighted by Gasteiger charge is -2.33. The second kappa shape index (κ2) is 5.85. The third kappa shape index (κ3) is 3.00. The monoisotopic (exact) mass is 304 g/mol. The van der Waals surface area contributed by atoms with Crippen LogP contribution < -0.4 is 0 Å². The zero-order valence-corrected chi connectivity index (χ0v) is 12.7. The van der Waals surface area contributed by atoms with Crippen LogP contribution in [0, 0.1) is 5.92 Å². The maximum Gasteiger partial charge on any atom is 0.212 e. The molecule has 0 spiro atoms. The van der Waals surface area contributed by atoms with Gasteiger partial charge in [-0.15, -0.1) is 0 Å². The van der Waals surface area contributed by atoms with Crippen molar-refractivity contribution in [2.24, 2.45) is 15.9 Å². The van der Waals surface area contributed by atoms with Crippen LogP contribution in [0.3, 0.4) is 0 Å². The molecule has 2 atom stereocenters. The summed E-state index contributed by atoms with van der Waals surface area (Å²) in [7, 11) is 3.30. The largest absolute Gasteiger partial charge is 0.483 e. The van der Waals surface area contributed by atoms with Crippen molar-refractivity contribution in [1.82, 2.24) is 0 Å². The van der Waals surface area contributed by atoms with Gasteiger partial charge in [-0.2, -0.15) is 0 Å². The van der Waals surface area contributed by atoms with Crippen LogP contribution in [0.25, 0.3) is 0 Å². The number of methoxy groups -OCH3 is 2. The molecule has 0 unspecified atom stereocenters. The van der Waals surface area contributed by atoms with Gasteiger partial charge in [0.2, 0.25) is 11.8 Å². The van der Waals surface area contributed by atoms with Crippen LogP contribution in [-0.4, -0.2) is 42.9 Å². The normalized spacial score (nSPS) is 28.8. The molecule has 1 aliphatic heterocycles. The summed E-state index contributed by atoms with van der Waals surface area (Å²) in [4.78, 5) is 9.33. The first-order valence-electron chi connectivity index (χ1n) is 5.80. The van der Waals surface area contributed by atoms with Gasteiger partial charge in [-0.05, 0) is 19.3 Å². The van der Waals surface area contributed by atoms with Crippen molar-refractivity contribution in [1.29, 1.82) is 0 Å². The van der Waals surface area contributed by atoms with Crippen molar-refractivity contribution >= 4 is 27.7 Å². The molecule has 0 bridgehead atoms. The maximum atomic E-state index is 5.40. The second-order valence-corrected chi connectivity index (χ2v) is 5.49. The molecule has 0 aliphatic carbocycles. The molecule has 1 heterocycles. The minimum absolute atomic E-state index is 0.0432. The molecule has 0 aromatic heterocycles. The summed E-state index contributed by atoms with van der Waals surface area (Å²) in [6.07, 6.45) is 0.831. The van der Waals surface area contributed by atoms with E-state index in [2.05, 4.69) is 39.8 Å². The highest BCUT2D eigenvalue weighted by molar-refractivity contribution is 9.09. The Bertz CT molecular complexity index is 328. The molecule has 0 radical (unpaired) electrons. The second-order valence-electron chi connectivity index (χ2n) is 4.69. The smallest absolute Gasteiger partial charge is 0.212 e. The number of hydrogen-bond donors (Lipinski definition) is 0. The molecule has 0 amide bonds. The number of hydrogen-bond acceptors (Lipinski definition) is 4. The fourth-order valence-corrected chi connectivity index (χ4v) is 2.67. The Balaban J connectivity index is 3.10. The highest BCUT2D eigenvalue weighted by Gasteiger charge is 2.39. The minimum Gasteiger partial charge on any atom is -0.483 e. The number of halogens is 1. The SMILES string of the molecule is COC1=N[C@@](C)(CCBr)C(OC)=N[C@@H]1C(C)C. The fourth-order valence-electron chi connectivity index (χ4n) is 1.90. The van der Waals surface area contributed by atoms with E-state index in [0.29, 0.717) is 17.7 Å². The van der Waals surface area contributed by atoms with E-state index in [4.69, 9.17) is 9.47 Å². The zero-order chi connectivity index (χ0) is 13.1. The van der Waals surface area contributed by atoms with Crippen LogP contribution >= 0.6 is 15.9 Å². The van der Waals surface area contributed by atoms with Gasteiger partial charge in [0.25, 0.3) is 0 Å². The van der Waals surface area contributed by atoms with Gasteiger partial charge in [-0.25, -0.2) is 9.98 Å². The fraction of sp³-hybridized carbons (Fsp3) is 0.833. The third-order valence-corrected chi connectivity index (χ3v) is 3.34. The lowest BCUT2D eigenvalue weighted by molar-refractivity contribution is 0.308. The molecule has 4 nitrogen and oxygen atoms in total. The molecule has 0 saturated carbocycles. The molecular formula is C12H21BrN2O2. The van der Waals surface area contributed by atoms with Gasteiger partial charge in [0.15, 0.2) is 0 Å². The molecule has 5 heteroatoms. The summed E-state index contributed by atoms with van der Waals surface area (Å²) < 4.78 is 10.8. The molecule has 0 fully saturated rings. The van der Waals surface area contributed by atoms with Gasteiger partial charge in [0.1, 0.15) is 11.6 Å². The summed E-state index contributed by atoms with van der Waals surface area (Å²) >= 11 is 3.44. The van der Waals surface area contributed by atoms with Crippen molar-refractivity contribution < 1.29 is 9.47 Å². The van der Waals surface area contributed by atoms with Crippen LogP contribution in [0.2, 0.25) is 0 Å². The van der Waals surface area contributed by atoms with Crippen molar-refractivity contribution in [2.75, 3.05) is 19.5 Å². The summed E-state index contributed by atoms with van der Waals surface area (Å²) in [6.45, 7) is 6.22.